The SMILES string of the molecule is CCCNC(CCC(N)C(=O)O)CC1OC(n2cnc3c(N)ncnc32)C(O)C1O. The first-order chi connectivity index (χ1) is 14.3. The molecule has 1 aliphatic heterocycles. The Bertz CT molecular complexity index is 863. The first-order valence-electron chi connectivity index (χ1n) is 9.99. The topological polar surface area (TPSA) is 195 Å². The molecule has 6 atom stereocenters. The summed E-state index contributed by atoms with van der Waals surface area (Å²) >= 11 is 0. The van der Waals surface area contributed by atoms with E-state index >= 15 is 0 Å². The molecular formula is C18H29N7O5. The second-order valence-electron chi connectivity index (χ2n) is 7.54. The van der Waals surface area contributed by atoms with Crippen LogP contribution in [0.25, 0.3) is 11.2 Å². The normalized spacial score (nSPS) is 26.1. The minimum atomic E-state index is -1.20. The molecule has 1 fully saturated rings. The second kappa shape index (κ2) is 9.62. The zero-order valence-electron chi connectivity index (χ0n) is 16.8. The van der Waals surface area contributed by atoms with Gasteiger partial charge in [0.25, 0.3) is 0 Å². The molecule has 8 N–H and O–H groups in total. The Balaban J connectivity index is 1.72. The van der Waals surface area contributed by atoms with Gasteiger partial charge in [-0.05, 0) is 32.2 Å². The minimum absolute atomic E-state index is 0.126. The van der Waals surface area contributed by atoms with E-state index in [1.165, 1.54) is 17.2 Å². The lowest BCUT2D eigenvalue weighted by molar-refractivity contribution is -0.138. The van der Waals surface area contributed by atoms with Gasteiger partial charge in [-0.2, -0.15) is 0 Å². The quantitative estimate of drug-likeness (QED) is 0.274. The molecule has 166 valence electrons. The predicted octanol–water partition coefficient (Wildman–Crippen LogP) is -1.02. The number of ether oxygens (including phenoxy) is 1. The molecule has 0 saturated carbocycles. The van der Waals surface area contributed by atoms with Crippen LogP contribution in [-0.2, 0) is 9.53 Å². The molecule has 0 radical (unpaired) electrons. The van der Waals surface area contributed by atoms with Crippen LogP contribution in [0.3, 0.4) is 0 Å². The lowest BCUT2D eigenvalue weighted by Gasteiger charge is -2.24. The standard InChI is InChI=1S/C18H29N7O5/c1-2-5-21-9(3-4-10(19)18(28)29)6-11-13(26)14(27)17(30-11)25-8-24-12-15(20)22-7-23-16(12)25/h7-11,13-14,17,21,26-27H,2-6,19H2,1H3,(H,28,29)(H2,20,22,23). The molecule has 0 spiro atoms. The Hall–Kier alpha value is -2.38. The summed E-state index contributed by atoms with van der Waals surface area (Å²) in [4.78, 5) is 23.2. The summed E-state index contributed by atoms with van der Waals surface area (Å²) in [6.07, 6.45) is 0.899. The predicted molar refractivity (Wildman–Crippen MR) is 107 cm³/mol. The molecule has 12 nitrogen and oxygen atoms in total. The van der Waals surface area contributed by atoms with Crippen molar-refractivity contribution in [1.82, 2.24) is 24.8 Å². The van der Waals surface area contributed by atoms with Gasteiger partial charge in [0.15, 0.2) is 17.7 Å². The van der Waals surface area contributed by atoms with Gasteiger partial charge in [0.1, 0.15) is 30.1 Å². The van der Waals surface area contributed by atoms with Crippen molar-refractivity contribution < 1.29 is 24.9 Å². The molecule has 3 rings (SSSR count). The fourth-order valence-electron chi connectivity index (χ4n) is 3.65. The average Bonchev–Trinajstić information content (AvgIpc) is 3.26. The molecule has 30 heavy (non-hydrogen) atoms. The number of nitrogens with one attached hydrogen (secondary N) is 1. The lowest BCUT2D eigenvalue weighted by atomic mass is 9.97. The van der Waals surface area contributed by atoms with E-state index in [0.29, 0.717) is 24.0 Å². The van der Waals surface area contributed by atoms with Crippen molar-refractivity contribution >= 4 is 23.0 Å². The van der Waals surface area contributed by atoms with Gasteiger partial charge < -0.3 is 36.8 Å². The number of nitrogens with two attached hydrogens (primary N) is 2. The molecule has 2 aromatic heterocycles. The number of aliphatic carboxylic acids is 1. The highest BCUT2D eigenvalue weighted by atomic mass is 16.6. The monoisotopic (exact) mass is 423 g/mol. The maximum atomic E-state index is 11.0. The van der Waals surface area contributed by atoms with Crippen molar-refractivity contribution in [1.29, 1.82) is 0 Å². The van der Waals surface area contributed by atoms with Crippen molar-refractivity contribution in [3.63, 3.8) is 0 Å². The van der Waals surface area contributed by atoms with Gasteiger partial charge in [-0.3, -0.25) is 9.36 Å². The molecule has 0 amide bonds. The van der Waals surface area contributed by atoms with Gasteiger partial charge in [-0.1, -0.05) is 6.92 Å². The highest BCUT2D eigenvalue weighted by Gasteiger charge is 2.45. The summed E-state index contributed by atoms with van der Waals surface area (Å²) in [7, 11) is 0. The number of hydrogen-bond donors (Lipinski definition) is 6. The van der Waals surface area contributed by atoms with Crippen LogP contribution in [0.4, 0.5) is 5.82 Å². The largest absolute Gasteiger partial charge is 0.480 e. The number of aromatic nitrogens is 4. The molecule has 0 bridgehead atoms. The first kappa shape index (κ1) is 22.3. The number of imidazole rings is 1. The van der Waals surface area contributed by atoms with Crippen molar-refractivity contribution in [3.05, 3.63) is 12.7 Å². The van der Waals surface area contributed by atoms with Gasteiger partial charge in [-0.25, -0.2) is 15.0 Å². The summed E-state index contributed by atoms with van der Waals surface area (Å²) in [6.45, 7) is 2.75. The summed E-state index contributed by atoms with van der Waals surface area (Å²) < 4.78 is 7.50. The van der Waals surface area contributed by atoms with E-state index in [1.54, 1.807) is 0 Å². The van der Waals surface area contributed by atoms with Crippen molar-refractivity contribution in [2.24, 2.45) is 5.73 Å². The van der Waals surface area contributed by atoms with E-state index < -0.39 is 36.6 Å². The molecule has 1 aliphatic rings. The van der Waals surface area contributed by atoms with Crippen LogP contribution >= 0.6 is 0 Å². The fraction of sp³-hybridized carbons (Fsp3) is 0.667. The summed E-state index contributed by atoms with van der Waals surface area (Å²) in [5, 5.41) is 33.5. The third kappa shape index (κ3) is 4.68. The van der Waals surface area contributed by atoms with Crippen LogP contribution in [0.2, 0.25) is 0 Å². The number of anilines is 1. The Morgan fingerprint density at radius 1 is 1.30 bits per heavy atom. The third-order valence-electron chi connectivity index (χ3n) is 5.34. The fourth-order valence-corrected chi connectivity index (χ4v) is 3.65. The molecule has 0 aliphatic carbocycles. The number of carboxylic acids is 1. The number of carboxylic acid groups (broad SMARTS) is 1. The van der Waals surface area contributed by atoms with Crippen molar-refractivity contribution in [2.45, 2.75) is 69.2 Å². The zero-order valence-corrected chi connectivity index (χ0v) is 16.8. The Labute approximate surface area is 173 Å². The number of aliphatic hydroxyl groups is 2. The van der Waals surface area contributed by atoms with Crippen LogP contribution in [0.1, 0.15) is 38.8 Å². The third-order valence-corrected chi connectivity index (χ3v) is 5.34. The van der Waals surface area contributed by atoms with Gasteiger partial charge in [-0.15, -0.1) is 0 Å². The number of nitrogen functional groups attached to an aromatic ring is 1. The highest BCUT2D eigenvalue weighted by Crippen LogP contribution is 2.34. The van der Waals surface area contributed by atoms with Crippen LogP contribution in [-0.4, -0.2) is 77.7 Å². The smallest absolute Gasteiger partial charge is 0.320 e. The first-order valence-corrected chi connectivity index (χ1v) is 9.99. The molecular weight excluding hydrogens is 394 g/mol. The van der Waals surface area contributed by atoms with Crippen LogP contribution in [0, 0.1) is 0 Å². The number of rotatable bonds is 10. The van der Waals surface area contributed by atoms with E-state index in [2.05, 4.69) is 20.3 Å². The average molecular weight is 423 g/mol. The lowest BCUT2D eigenvalue weighted by Crippen LogP contribution is -2.40. The maximum Gasteiger partial charge on any atom is 0.320 e. The van der Waals surface area contributed by atoms with Crippen LogP contribution < -0.4 is 16.8 Å². The molecule has 1 saturated heterocycles. The van der Waals surface area contributed by atoms with E-state index in [1.807, 2.05) is 6.92 Å². The van der Waals surface area contributed by atoms with Gasteiger partial charge in [0.2, 0.25) is 0 Å². The molecule has 12 heteroatoms. The van der Waals surface area contributed by atoms with E-state index in [-0.39, 0.29) is 18.3 Å². The number of fused-ring (bicyclic) bond motifs is 1. The second-order valence-corrected chi connectivity index (χ2v) is 7.54. The number of nitrogens with zero attached hydrogens (tertiary/aromatic N) is 4. The van der Waals surface area contributed by atoms with E-state index in [4.69, 9.17) is 21.3 Å². The number of aliphatic hydroxyl groups excluding tert-OH is 2. The maximum absolute atomic E-state index is 11.0. The molecule has 3 heterocycles. The summed E-state index contributed by atoms with van der Waals surface area (Å²) in [5.41, 5.74) is 12.2. The van der Waals surface area contributed by atoms with E-state index in [0.717, 1.165) is 13.0 Å². The van der Waals surface area contributed by atoms with Crippen LogP contribution in [0.5, 0.6) is 0 Å². The highest BCUT2D eigenvalue weighted by molar-refractivity contribution is 5.81. The summed E-state index contributed by atoms with van der Waals surface area (Å²) in [5.74, 6) is -0.841. The molecule has 2 aromatic rings. The van der Waals surface area contributed by atoms with E-state index in [9.17, 15) is 15.0 Å². The number of carbonyl (C=O) groups is 1. The van der Waals surface area contributed by atoms with Gasteiger partial charge >= 0.3 is 5.97 Å². The molecule has 0 aromatic carbocycles. The minimum Gasteiger partial charge on any atom is -0.480 e. The Morgan fingerprint density at radius 3 is 2.77 bits per heavy atom. The van der Waals surface area contributed by atoms with Gasteiger partial charge in [0, 0.05) is 6.04 Å². The van der Waals surface area contributed by atoms with Crippen LogP contribution in [0.15, 0.2) is 12.7 Å². The Kier molecular flexibility index (Phi) is 7.15. The molecule has 6 unspecified atom stereocenters. The summed E-state index contributed by atoms with van der Waals surface area (Å²) in [6, 6.07) is -1.08. The zero-order chi connectivity index (χ0) is 21.8. The van der Waals surface area contributed by atoms with Gasteiger partial charge in [0.05, 0.1) is 12.4 Å². The Morgan fingerprint density at radius 2 is 2.07 bits per heavy atom. The van der Waals surface area contributed by atoms with Crippen molar-refractivity contribution in [2.75, 3.05) is 12.3 Å². The van der Waals surface area contributed by atoms with Crippen molar-refractivity contribution in [3.8, 4) is 0 Å². The number of hydrogen-bond acceptors (Lipinski definition) is 10.